The van der Waals surface area contributed by atoms with Crippen molar-refractivity contribution in [2.45, 2.75) is 50.5 Å². The van der Waals surface area contributed by atoms with Gasteiger partial charge in [-0.2, -0.15) is 0 Å². The molecule has 29 heavy (non-hydrogen) atoms. The number of likely N-dealkylation sites (tertiary alicyclic amines) is 1. The topological polar surface area (TPSA) is 106 Å². The molecule has 2 fully saturated rings. The summed E-state index contributed by atoms with van der Waals surface area (Å²) in [5.74, 6) is 1.67. The first-order valence-corrected chi connectivity index (χ1v) is 10.1. The van der Waals surface area contributed by atoms with E-state index in [0.717, 1.165) is 24.6 Å². The predicted molar refractivity (Wildman–Crippen MR) is 106 cm³/mol. The molecule has 4 rings (SSSR count). The summed E-state index contributed by atoms with van der Waals surface area (Å²) in [5, 5.41) is 5.97. The number of carbonyl (C=O) groups excluding carboxylic acids is 2. The smallest absolute Gasteiger partial charge is 0.239 e. The number of amides is 2. The van der Waals surface area contributed by atoms with Crippen LogP contribution in [0.5, 0.6) is 0 Å². The number of aromatic nitrogens is 2. The van der Waals surface area contributed by atoms with E-state index < -0.39 is 0 Å². The highest BCUT2D eigenvalue weighted by Gasteiger charge is 2.45. The molecule has 2 aromatic heterocycles. The zero-order valence-corrected chi connectivity index (χ0v) is 16.6. The van der Waals surface area contributed by atoms with Crippen molar-refractivity contribution in [3.63, 3.8) is 0 Å². The summed E-state index contributed by atoms with van der Waals surface area (Å²) in [6, 6.07) is 3.72. The van der Waals surface area contributed by atoms with Crippen LogP contribution in [0.4, 0.5) is 0 Å². The molecule has 0 saturated carbocycles. The van der Waals surface area contributed by atoms with Gasteiger partial charge in [-0.1, -0.05) is 0 Å². The van der Waals surface area contributed by atoms with E-state index in [2.05, 4.69) is 37.4 Å². The number of H-pyrrole nitrogens is 1. The fourth-order valence-electron chi connectivity index (χ4n) is 4.39. The van der Waals surface area contributed by atoms with Crippen molar-refractivity contribution in [1.82, 2.24) is 30.4 Å². The molecule has 0 unspecified atom stereocenters. The van der Waals surface area contributed by atoms with Crippen LogP contribution in [-0.4, -0.2) is 69.8 Å². The second kappa shape index (κ2) is 8.79. The van der Waals surface area contributed by atoms with Gasteiger partial charge in [-0.25, -0.2) is 4.98 Å². The molecule has 2 aliphatic rings. The maximum atomic E-state index is 12.8. The number of aromatic amines is 1. The molecule has 3 N–H and O–H groups in total. The quantitative estimate of drug-likeness (QED) is 0.624. The summed E-state index contributed by atoms with van der Waals surface area (Å²) >= 11 is 0. The summed E-state index contributed by atoms with van der Waals surface area (Å²) in [6.07, 6.45) is 7.17. The molecule has 0 spiro atoms. The second-order valence-corrected chi connectivity index (χ2v) is 7.77. The summed E-state index contributed by atoms with van der Waals surface area (Å²) in [6.45, 7) is 2.44. The third-order valence-corrected chi connectivity index (χ3v) is 6.00. The van der Waals surface area contributed by atoms with Crippen molar-refractivity contribution in [2.24, 2.45) is 0 Å². The minimum Gasteiger partial charge on any atom is -0.467 e. The van der Waals surface area contributed by atoms with Crippen molar-refractivity contribution in [2.75, 3.05) is 20.1 Å². The number of nitrogens with one attached hydrogen (secondary N) is 3. The lowest BCUT2D eigenvalue weighted by molar-refractivity contribution is -0.126. The molecule has 0 aromatic carbocycles. The van der Waals surface area contributed by atoms with Gasteiger partial charge in [0.25, 0.3) is 0 Å². The highest BCUT2D eigenvalue weighted by molar-refractivity contribution is 5.83. The Balaban J connectivity index is 1.32. The molecule has 2 saturated heterocycles. The van der Waals surface area contributed by atoms with Crippen LogP contribution >= 0.6 is 0 Å². The van der Waals surface area contributed by atoms with Crippen molar-refractivity contribution in [1.29, 1.82) is 0 Å². The van der Waals surface area contributed by atoms with Crippen molar-refractivity contribution < 1.29 is 14.0 Å². The molecule has 0 aliphatic carbocycles. The molecule has 3 atom stereocenters. The number of nitrogens with zero attached hydrogens (tertiary/aromatic N) is 3. The maximum absolute atomic E-state index is 12.8. The predicted octanol–water partition coefficient (Wildman–Crippen LogP) is 0.472. The molecule has 0 bridgehead atoms. The normalized spacial score (nSPS) is 25.4. The van der Waals surface area contributed by atoms with Gasteiger partial charge in [0.1, 0.15) is 17.6 Å². The minimum atomic E-state index is -0.192. The fourth-order valence-corrected chi connectivity index (χ4v) is 4.39. The van der Waals surface area contributed by atoms with Crippen LogP contribution in [0, 0.1) is 0 Å². The van der Waals surface area contributed by atoms with Crippen molar-refractivity contribution in [3.05, 3.63) is 42.4 Å². The second-order valence-electron chi connectivity index (χ2n) is 7.77. The Bertz CT molecular complexity index is 806. The van der Waals surface area contributed by atoms with Crippen LogP contribution in [0.1, 0.15) is 30.8 Å². The first-order chi connectivity index (χ1) is 14.1. The highest BCUT2D eigenvalue weighted by Crippen LogP contribution is 2.28. The van der Waals surface area contributed by atoms with Crippen LogP contribution in [0.15, 0.2) is 35.2 Å². The van der Waals surface area contributed by atoms with E-state index in [1.54, 1.807) is 24.7 Å². The van der Waals surface area contributed by atoms with Crippen LogP contribution < -0.4 is 10.6 Å². The number of fused-ring (bicyclic) bond motifs is 1. The Morgan fingerprint density at radius 2 is 2.34 bits per heavy atom. The average molecular weight is 400 g/mol. The number of likely N-dealkylation sites (N-methyl/N-ethyl adjacent to an activating group) is 1. The van der Waals surface area contributed by atoms with Gasteiger partial charge in [-0.3, -0.25) is 19.4 Å². The molecule has 156 valence electrons. The standard InChI is InChI=1S/C20H28N6O3/c1-25-14(4-5-18(27)23-12-15-3-2-10-29-15)11-24-20(28)19-16(25)6-9-26(19)13-17-21-7-8-22-17/h2-3,7-8,10,14,16,19H,4-6,9,11-13H2,1H3,(H,21,22)(H,23,27)(H,24,28)/t14-,16+,19-/m0/s1. The van der Waals surface area contributed by atoms with Gasteiger partial charge in [0, 0.05) is 44.0 Å². The summed E-state index contributed by atoms with van der Waals surface area (Å²) in [4.78, 5) is 36.9. The van der Waals surface area contributed by atoms with Crippen molar-refractivity contribution >= 4 is 11.8 Å². The zero-order valence-electron chi connectivity index (χ0n) is 16.6. The summed E-state index contributed by atoms with van der Waals surface area (Å²) in [5.41, 5.74) is 0. The largest absolute Gasteiger partial charge is 0.467 e. The van der Waals surface area contributed by atoms with Gasteiger partial charge in [0.2, 0.25) is 11.8 Å². The van der Waals surface area contributed by atoms with Gasteiger partial charge in [0.15, 0.2) is 0 Å². The maximum Gasteiger partial charge on any atom is 0.239 e. The van der Waals surface area contributed by atoms with E-state index in [0.29, 0.717) is 32.5 Å². The lowest BCUT2D eigenvalue weighted by Crippen LogP contribution is -2.49. The fraction of sp³-hybridized carbons (Fsp3) is 0.550. The van der Waals surface area contributed by atoms with Crippen LogP contribution in [0.25, 0.3) is 0 Å². The molecule has 2 aliphatic heterocycles. The zero-order chi connectivity index (χ0) is 20.2. The summed E-state index contributed by atoms with van der Waals surface area (Å²) < 4.78 is 5.24. The molecule has 2 aromatic rings. The lowest BCUT2D eigenvalue weighted by atomic mass is 10.0. The number of imidazole rings is 1. The number of furan rings is 1. The van der Waals surface area contributed by atoms with Crippen molar-refractivity contribution in [3.8, 4) is 0 Å². The average Bonchev–Trinajstić information content (AvgIpc) is 3.47. The van der Waals surface area contributed by atoms with E-state index in [1.165, 1.54) is 0 Å². The molecule has 9 nitrogen and oxygen atoms in total. The van der Waals surface area contributed by atoms with Crippen LogP contribution in [-0.2, 0) is 22.7 Å². The van der Waals surface area contributed by atoms with Gasteiger partial charge >= 0.3 is 0 Å². The Labute approximate surface area is 169 Å². The number of hydrogen-bond donors (Lipinski definition) is 3. The first-order valence-electron chi connectivity index (χ1n) is 10.1. The molecule has 4 heterocycles. The SMILES string of the molecule is CN1[C@@H](CCC(=O)NCc2ccco2)CNC(=O)[C@@H]2[C@H]1CCN2Cc1ncc[nH]1. The third-order valence-electron chi connectivity index (χ3n) is 6.00. The van der Waals surface area contributed by atoms with Gasteiger partial charge < -0.3 is 20.0 Å². The molecule has 9 heteroatoms. The molecular weight excluding hydrogens is 372 g/mol. The monoisotopic (exact) mass is 400 g/mol. The number of carbonyl (C=O) groups is 2. The van der Waals surface area contributed by atoms with Crippen LogP contribution in [0.2, 0.25) is 0 Å². The third kappa shape index (κ3) is 4.51. The van der Waals surface area contributed by atoms with Gasteiger partial charge in [0.05, 0.1) is 19.4 Å². The molecule has 0 radical (unpaired) electrons. The Hall–Kier alpha value is -2.65. The summed E-state index contributed by atoms with van der Waals surface area (Å²) in [7, 11) is 2.07. The van der Waals surface area contributed by atoms with Crippen LogP contribution in [0.3, 0.4) is 0 Å². The van der Waals surface area contributed by atoms with Gasteiger partial charge in [-0.15, -0.1) is 0 Å². The highest BCUT2D eigenvalue weighted by atomic mass is 16.3. The van der Waals surface area contributed by atoms with E-state index in [9.17, 15) is 9.59 Å². The number of hydrogen-bond acceptors (Lipinski definition) is 6. The Kier molecular flexibility index (Phi) is 5.96. The van der Waals surface area contributed by atoms with E-state index in [4.69, 9.17) is 4.42 Å². The van der Waals surface area contributed by atoms with E-state index in [-0.39, 0.29) is 29.9 Å². The van der Waals surface area contributed by atoms with Gasteiger partial charge in [-0.05, 0) is 32.0 Å². The number of rotatable bonds is 7. The Morgan fingerprint density at radius 3 is 3.10 bits per heavy atom. The molecular formula is C20H28N6O3. The lowest BCUT2D eigenvalue weighted by Gasteiger charge is -2.32. The van der Waals surface area contributed by atoms with E-state index >= 15 is 0 Å². The van der Waals surface area contributed by atoms with E-state index in [1.807, 2.05) is 6.07 Å². The molecule has 2 amide bonds. The minimum absolute atomic E-state index is 0.00667. The Morgan fingerprint density at radius 1 is 1.45 bits per heavy atom. The first kappa shape index (κ1) is 19.7.